The molecule has 2 rings (SSSR count). The highest BCUT2D eigenvalue weighted by atomic mass is 32.1. The lowest BCUT2D eigenvalue weighted by molar-refractivity contribution is 0.380. The van der Waals surface area contributed by atoms with Gasteiger partial charge in [-0.15, -0.1) is 11.3 Å². The zero-order valence-electron chi connectivity index (χ0n) is 9.71. The van der Waals surface area contributed by atoms with Gasteiger partial charge in [0.1, 0.15) is 10.9 Å². The summed E-state index contributed by atoms with van der Waals surface area (Å²) < 4.78 is 0. The second-order valence-electron chi connectivity index (χ2n) is 4.88. The van der Waals surface area contributed by atoms with Crippen LogP contribution in [0.1, 0.15) is 31.6 Å². The van der Waals surface area contributed by atoms with Crippen molar-refractivity contribution in [2.45, 2.75) is 26.7 Å². The SMILES string of the molecule is CC(C)C1(CNc2cc(N)c(C#N)s2)CC1. The van der Waals surface area contributed by atoms with Gasteiger partial charge in [-0.25, -0.2) is 0 Å². The molecule has 0 radical (unpaired) electrons. The van der Waals surface area contributed by atoms with E-state index in [-0.39, 0.29) is 0 Å². The third-order valence-electron chi connectivity index (χ3n) is 3.59. The zero-order chi connectivity index (χ0) is 11.8. The van der Waals surface area contributed by atoms with Gasteiger partial charge in [0.2, 0.25) is 0 Å². The van der Waals surface area contributed by atoms with Crippen LogP contribution in [-0.4, -0.2) is 6.54 Å². The molecule has 16 heavy (non-hydrogen) atoms. The Kier molecular flexibility index (Phi) is 2.81. The van der Waals surface area contributed by atoms with Crippen LogP contribution in [-0.2, 0) is 0 Å². The van der Waals surface area contributed by atoms with Gasteiger partial charge in [0.15, 0.2) is 0 Å². The minimum atomic E-state index is 0.478. The van der Waals surface area contributed by atoms with Gasteiger partial charge >= 0.3 is 0 Å². The van der Waals surface area contributed by atoms with Gasteiger partial charge in [-0.2, -0.15) is 5.26 Å². The molecule has 0 atom stereocenters. The van der Waals surface area contributed by atoms with Gasteiger partial charge < -0.3 is 11.1 Å². The predicted molar refractivity (Wildman–Crippen MR) is 68.4 cm³/mol. The second kappa shape index (κ2) is 3.99. The quantitative estimate of drug-likeness (QED) is 0.843. The van der Waals surface area contributed by atoms with Crippen LogP contribution in [0, 0.1) is 22.7 Å². The van der Waals surface area contributed by atoms with E-state index in [4.69, 9.17) is 11.0 Å². The van der Waals surface area contributed by atoms with E-state index in [1.165, 1.54) is 24.2 Å². The van der Waals surface area contributed by atoms with Crippen molar-refractivity contribution in [3.05, 3.63) is 10.9 Å². The summed E-state index contributed by atoms with van der Waals surface area (Å²) in [7, 11) is 0. The topological polar surface area (TPSA) is 61.8 Å². The first-order valence-corrected chi connectivity index (χ1v) is 6.42. The van der Waals surface area contributed by atoms with Crippen LogP contribution in [0.4, 0.5) is 10.7 Å². The van der Waals surface area contributed by atoms with E-state index < -0.39 is 0 Å². The Labute approximate surface area is 100 Å². The summed E-state index contributed by atoms with van der Waals surface area (Å²) >= 11 is 1.44. The zero-order valence-corrected chi connectivity index (χ0v) is 10.5. The Hall–Kier alpha value is -1.21. The number of anilines is 2. The number of nitrogens with one attached hydrogen (secondary N) is 1. The minimum absolute atomic E-state index is 0.478. The third kappa shape index (κ3) is 2.00. The van der Waals surface area contributed by atoms with Crippen LogP contribution in [0.3, 0.4) is 0 Å². The molecule has 1 aliphatic carbocycles. The maximum absolute atomic E-state index is 8.81. The van der Waals surface area contributed by atoms with Crippen molar-refractivity contribution in [1.29, 1.82) is 5.26 Å². The summed E-state index contributed by atoms with van der Waals surface area (Å²) in [4.78, 5) is 0.608. The van der Waals surface area contributed by atoms with Crippen LogP contribution in [0.5, 0.6) is 0 Å². The van der Waals surface area contributed by atoms with Crippen molar-refractivity contribution in [2.24, 2.45) is 11.3 Å². The summed E-state index contributed by atoms with van der Waals surface area (Å²) in [5, 5.41) is 13.2. The van der Waals surface area contributed by atoms with Crippen molar-refractivity contribution < 1.29 is 0 Å². The summed E-state index contributed by atoms with van der Waals surface area (Å²) in [6, 6.07) is 3.97. The fourth-order valence-corrected chi connectivity index (χ4v) is 2.73. The first kappa shape index (κ1) is 11.3. The summed E-state index contributed by atoms with van der Waals surface area (Å²) in [5.41, 5.74) is 6.78. The largest absolute Gasteiger partial charge is 0.397 e. The molecule has 4 heteroatoms. The lowest BCUT2D eigenvalue weighted by Gasteiger charge is -2.19. The third-order valence-corrected chi connectivity index (χ3v) is 4.61. The molecule has 0 aromatic carbocycles. The van der Waals surface area contributed by atoms with Crippen LogP contribution in [0.15, 0.2) is 6.07 Å². The highest BCUT2D eigenvalue weighted by Gasteiger charge is 2.44. The molecule has 1 aromatic rings. The van der Waals surface area contributed by atoms with Crippen LogP contribution < -0.4 is 11.1 Å². The highest BCUT2D eigenvalue weighted by molar-refractivity contribution is 7.17. The van der Waals surface area contributed by atoms with Crippen molar-refractivity contribution >= 4 is 22.0 Å². The number of nitrogen functional groups attached to an aromatic ring is 1. The average Bonchev–Trinajstić information content (AvgIpc) is 2.95. The summed E-state index contributed by atoms with van der Waals surface area (Å²) in [6.45, 7) is 5.55. The first-order chi connectivity index (χ1) is 7.57. The standard InChI is InChI=1S/C12H17N3S/c1-8(2)12(3-4-12)7-15-11-5-9(14)10(6-13)16-11/h5,8,15H,3-4,7,14H2,1-2H3. The lowest BCUT2D eigenvalue weighted by Crippen LogP contribution is -2.20. The van der Waals surface area contributed by atoms with Gasteiger partial charge in [-0.3, -0.25) is 0 Å². The molecule has 3 N–H and O–H groups in total. The Bertz CT molecular complexity index is 424. The van der Waals surface area contributed by atoms with E-state index in [0.29, 0.717) is 21.9 Å². The molecule has 1 saturated carbocycles. The fourth-order valence-electron chi connectivity index (χ4n) is 1.96. The van der Waals surface area contributed by atoms with E-state index in [9.17, 15) is 0 Å². The molecule has 0 bridgehead atoms. The molecule has 1 aromatic heterocycles. The molecule has 0 spiro atoms. The van der Waals surface area contributed by atoms with Crippen molar-refractivity contribution in [3.63, 3.8) is 0 Å². The Morgan fingerprint density at radius 1 is 1.62 bits per heavy atom. The molecule has 1 heterocycles. The van der Waals surface area contributed by atoms with Crippen molar-refractivity contribution in [3.8, 4) is 6.07 Å². The Morgan fingerprint density at radius 3 is 2.75 bits per heavy atom. The minimum Gasteiger partial charge on any atom is -0.397 e. The predicted octanol–water partition coefficient (Wildman–Crippen LogP) is 3.05. The number of nitriles is 1. The molecule has 0 unspecified atom stereocenters. The van der Waals surface area contributed by atoms with Crippen molar-refractivity contribution in [2.75, 3.05) is 17.6 Å². The number of nitrogens with two attached hydrogens (primary N) is 1. The number of thiophene rings is 1. The van der Waals surface area contributed by atoms with Gasteiger partial charge in [0.05, 0.1) is 10.7 Å². The van der Waals surface area contributed by atoms with Crippen LogP contribution in [0.2, 0.25) is 0 Å². The maximum Gasteiger partial charge on any atom is 0.129 e. The molecular weight excluding hydrogens is 218 g/mol. The highest BCUT2D eigenvalue weighted by Crippen LogP contribution is 2.51. The van der Waals surface area contributed by atoms with E-state index >= 15 is 0 Å². The van der Waals surface area contributed by atoms with E-state index in [0.717, 1.165) is 11.5 Å². The molecule has 0 amide bonds. The second-order valence-corrected chi connectivity index (χ2v) is 5.93. The van der Waals surface area contributed by atoms with Gasteiger partial charge in [-0.1, -0.05) is 13.8 Å². The summed E-state index contributed by atoms with van der Waals surface area (Å²) in [5.74, 6) is 0.716. The van der Waals surface area contributed by atoms with E-state index in [1.807, 2.05) is 6.07 Å². The Morgan fingerprint density at radius 2 is 2.31 bits per heavy atom. The molecular formula is C12H17N3S. The monoisotopic (exact) mass is 235 g/mol. The van der Waals surface area contributed by atoms with Gasteiger partial charge in [0.25, 0.3) is 0 Å². The van der Waals surface area contributed by atoms with Gasteiger partial charge in [-0.05, 0) is 30.2 Å². The molecule has 0 saturated heterocycles. The van der Waals surface area contributed by atoms with E-state index in [1.54, 1.807) is 0 Å². The fraction of sp³-hybridized carbons (Fsp3) is 0.583. The van der Waals surface area contributed by atoms with E-state index in [2.05, 4.69) is 25.2 Å². The molecule has 3 nitrogen and oxygen atoms in total. The molecule has 1 aliphatic rings. The van der Waals surface area contributed by atoms with Crippen LogP contribution in [0.25, 0.3) is 0 Å². The molecule has 1 fully saturated rings. The number of hydrogen-bond acceptors (Lipinski definition) is 4. The normalized spacial score (nSPS) is 17.1. The smallest absolute Gasteiger partial charge is 0.129 e. The maximum atomic E-state index is 8.81. The summed E-state index contributed by atoms with van der Waals surface area (Å²) in [6.07, 6.45) is 2.62. The van der Waals surface area contributed by atoms with Gasteiger partial charge in [0, 0.05) is 6.54 Å². The Balaban J connectivity index is 1.98. The number of nitrogens with zero attached hydrogens (tertiary/aromatic N) is 1. The number of rotatable bonds is 4. The lowest BCUT2D eigenvalue weighted by atomic mass is 9.92. The molecule has 0 aliphatic heterocycles. The molecule has 86 valence electrons. The van der Waals surface area contributed by atoms with Crippen molar-refractivity contribution in [1.82, 2.24) is 0 Å². The van der Waals surface area contributed by atoms with Crippen LogP contribution >= 0.6 is 11.3 Å². The first-order valence-electron chi connectivity index (χ1n) is 5.61. The number of hydrogen-bond donors (Lipinski definition) is 2. The average molecular weight is 235 g/mol.